The molecule has 82 valence electrons. The van der Waals surface area contributed by atoms with Gasteiger partial charge in [-0.1, -0.05) is 13.3 Å². The van der Waals surface area contributed by atoms with Crippen LogP contribution in [0.3, 0.4) is 0 Å². The number of unbranched alkanes of at least 4 members (excludes halogenated alkanes) is 1. The van der Waals surface area contributed by atoms with E-state index in [4.69, 9.17) is 0 Å². The van der Waals surface area contributed by atoms with Crippen LogP contribution >= 0.6 is 0 Å². The summed E-state index contributed by atoms with van der Waals surface area (Å²) in [5, 5.41) is 3.39. The van der Waals surface area contributed by atoms with Gasteiger partial charge in [0.05, 0.1) is 0 Å². The SMILES string of the molecule is CCCCC(=O)N1CCCNC(C)C1. The fourth-order valence-corrected chi connectivity index (χ4v) is 1.82. The van der Waals surface area contributed by atoms with Crippen molar-refractivity contribution in [3.8, 4) is 0 Å². The highest BCUT2D eigenvalue weighted by Crippen LogP contribution is 2.05. The molecule has 1 aliphatic heterocycles. The van der Waals surface area contributed by atoms with E-state index < -0.39 is 0 Å². The second-order valence-corrected chi connectivity index (χ2v) is 4.15. The normalized spacial score (nSPS) is 23.3. The lowest BCUT2D eigenvalue weighted by Crippen LogP contribution is -2.38. The zero-order valence-electron chi connectivity index (χ0n) is 9.38. The first kappa shape index (κ1) is 11.5. The van der Waals surface area contributed by atoms with Crippen LogP contribution in [0, 0.1) is 0 Å². The molecule has 0 bridgehead atoms. The topological polar surface area (TPSA) is 32.3 Å². The zero-order valence-corrected chi connectivity index (χ0v) is 9.38. The first-order chi connectivity index (χ1) is 6.74. The van der Waals surface area contributed by atoms with E-state index in [1.54, 1.807) is 0 Å². The third-order valence-corrected chi connectivity index (χ3v) is 2.69. The molecule has 0 saturated carbocycles. The van der Waals surface area contributed by atoms with Crippen LogP contribution < -0.4 is 5.32 Å². The van der Waals surface area contributed by atoms with Crippen molar-refractivity contribution in [1.29, 1.82) is 0 Å². The van der Waals surface area contributed by atoms with E-state index in [1.807, 2.05) is 4.90 Å². The largest absolute Gasteiger partial charge is 0.341 e. The Balaban J connectivity index is 2.36. The number of carbonyl (C=O) groups is 1. The fourth-order valence-electron chi connectivity index (χ4n) is 1.82. The van der Waals surface area contributed by atoms with Gasteiger partial charge in [0.25, 0.3) is 0 Å². The van der Waals surface area contributed by atoms with Crippen LogP contribution in [0.5, 0.6) is 0 Å². The van der Waals surface area contributed by atoms with Gasteiger partial charge < -0.3 is 10.2 Å². The van der Waals surface area contributed by atoms with Gasteiger partial charge in [-0.25, -0.2) is 0 Å². The number of hydrogen-bond acceptors (Lipinski definition) is 2. The highest BCUT2D eigenvalue weighted by atomic mass is 16.2. The average Bonchev–Trinajstić information content (AvgIpc) is 2.39. The third kappa shape index (κ3) is 3.66. The molecule has 1 heterocycles. The van der Waals surface area contributed by atoms with Crippen LogP contribution in [0.4, 0.5) is 0 Å². The van der Waals surface area contributed by atoms with Crippen molar-refractivity contribution < 1.29 is 4.79 Å². The van der Waals surface area contributed by atoms with Crippen molar-refractivity contribution in [2.45, 2.75) is 45.6 Å². The lowest BCUT2D eigenvalue weighted by molar-refractivity contribution is -0.131. The lowest BCUT2D eigenvalue weighted by Gasteiger charge is -2.22. The van der Waals surface area contributed by atoms with Crippen LogP contribution in [0.2, 0.25) is 0 Å². The Hall–Kier alpha value is -0.570. The Morgan fingerprint density at radius 3 is 3.07 bits per heavy atom. The summed E-state index contributed by atoms with van der Waals surface area (Å²) < 4.78 is 0. The van der Waals surface area contributed by atoms with Gasteiger partial charge in [-0.15, -0.1) is 0 Å². The van der Waals surface area contributed by atoms with Crippen molar-refractivity contribution in [2.75, 3.05) is 19.6 Å². The minimum Gasteiger partial charge on any atom is -0.341 e. The minimum atomic E-state index is 0.336. The predicted molar refractivity (Wildman–Crippen MR) is 58.2 cm³/mol. The van der Waals surface area contributed by atoms with Crippen LogP contribution in [0.25, 0.3) is 0 Å². The summed E-state index contributed by atoms with van der Waals surface area (Å²) in [6.45, 7) is 7.12. The molecule has 1 atom stereocenters. The maximum absolute atomic E-state index is 11.8. The number of nitrogens with zero attached hydrogens (tertiary/aromatic N) is 1. The highest BCUT2D eigenvalue weighted by Gasteiger charge is 2.17. The van der Waals surface area contributed by atoms with Crippen molar-refractivity contribution in [3.63, 3.8) is 0 Å². The van der Waals surface area contributed by atoms with Gasteiger partial charge >= 0.3 is 0 Å². The van der Waals surface area contributed by atoms with Crippen molar-refractivity contribution in [1.82, 2.24) is 10.2 Å². The molecular formula is C11H22N2O. The van der Waals surface area contributed by atoms with E-state index in [0.29, 0.717) is 11.9 Å². The summed E-state index contributed by atoms with van der Waals surface area (Å²) in [6.07, 6.45) is 3.94. The molecule has 0 aliphatic carbocycles. The summed E-state index contributed by atoms with van der Waals surface area (Å²) in [5.74, 6) is 0.336. The average molecular weight is 198 g/mol. The fraction of sp³-hybridized carbons (Fsp3) is 0.909. The van der Waals surface area contributed by atoms with Gasteiger partial charge in [-0.2, -0.15) is 0 Å². The molecule has 1 saturated heterocycles. The smallest absolute Gasteiger partial charge is 0.222 e. The molecular weight excluding hydrogens is 176 g/mol. The molecule has 1 aliphatic rings. The number of rotatable bonds is 3. The number of hydrogen-bond donors (Lipinski definition) is 1. The van der Waals surface area contributed by atoms with E-state index in [9.17, 15) is 4.79 Å². The zero-order chi connectivity index (χ0) is 10.4. The van der Waals surface area contributed by atoms with E-state index in [-0.39, 0.29) is 0 Å². The maximum atomic E-state index is 11.8. The monoisotopic (exact) mass is 198 g/mol. The Bertz CT molecular complexity index is 182. The Morgan fingerprint density at radius 2 is 2.36 bits per heavy atom. The summed E-state index contributed by atoms with van der Waals surface area (Å²) in [5.41, 5.74) is 0. The van der Waals surface area contributed by atoms with Crippen LogP contribution in [0.15, 0.2) is 0 Å². The molecule has 0 aromatic rings. The second kappa shape index (κ2) is 6.02. The molecule has 1 rings (SSSR count). The summed E-state index contributed by atoms with van der Waals surface area (Å²) in [7, 11) is 0. The van der Waals surface area contributed by atoms with Crippen molar-refractivity contribution in [2.24, 2.45) is 0 Å². The maximum Gasteiger partial charge on any atom is 0.222 e. The molecule has 3 nitrogen and oxygen atoms in total. The Morgan fingerprint density at radius 1 is 1.57 bits per heavy atom. The Labute approximate surface area is 86.9 Å². The second-order valence-electron chi connectivity index (χ2n) is 4.15. The molecule has 1 fully saturated rings. The summed E-state index contributed by atoms with van der Waals surface area (Å²) >= 11 is 0. The number of carbonyl (C=O) groups excluding carboxylic acids is 1. The van der Waals surface area contributed by atoms with E-state index in [0.717, 1.165) is 45.3 Å². The van der Waals surface area contributed by atoms with E-state index in [2.05, 4.69) is 19.2 Å². The van der Waals surface area contributed by atoms with Gasteiger partial charge in [-0.05, 0) is 26.3 Å². The molecule has 1 N–H and O–H groups in total. The molecule has 0 aromatic heterocycles. The number of amides is 1. The van der Waals surface area contributed by atoms with Crippen LogP contribution in [-0.4, -0.2) is 36.5 Å². The summed E-state index contributed by atoms with van der Waals surface area (Å²) in [4.78, 5) is 13.8. The third-order valence-electron chi connectivity index (χ3n) is 2.69. The highest BCUT2D eigenvalue weighted by molar-refractivity contribution is 5.76. The quantitative estimate of drug-likeness (QED) is 0.743. The van der Waals surface area contributed by atoms with Gasteiger partial charge in [0.15, 0.2) is 0 Å². The van der Waals surface area contributed by atoms with E-state index >= 15 is 0 Å². The van der Waals surface area contributed by atoms with Gasteiger partial charge in [0.2, 0.25) is 5.91 Å². The Kier molecular flexibility index (Phi) is 4.94. The van der Waals surface area contributed by atoms with Gasteiger partial charge in [-0.3, -0.25) is 4.79 Å². The van der Waals surface area contributed by atoms with Gasteiger partial charge in [0, 0.05) is 25.6 Å². The number of nitrogens with one attached hydrogen (secondary N) is 1. The van der Waals surface area contributed by atoms with Crippen LogP contribution in [0.1, 0.15) is 39.5 Å². The minimum absolute atomic E-state index is 0.336. The molecule has 0 aromatic carbocycles. The van der Waals surface area contributed by atoms with Crippen molar-refractivity contribution in [3.05, 3.63) is 0 Å². The molecule has 0 radical (unpaired) electrons. The van der Waals surface area contributed by atoms with Gasteiger partial charge in [0.1, 0.15) is 0 Å². The molecule has 1 unspecified atom stereocenters. The standard InChI is InChI=1S/C11H22N2O/c1-3-4-6-11(14)13-8-5-7-12-10(2)9-13/h10,12H,3-9H2,1-2H3. The molecule has 14 heavy (non-hydrogen) atoms. The first-order valence-electron chi connectivity index (χ1n) is 5.75. The van der Waals surface area contributed by atoms with Crippen molar-refractivity contribution >= 4 is 5.91 Å². The molecule has 1 amide bonds. The van der Waals surface area contributed by atoms with Crippen LogP contribution in [-0.2, 0) is 4.79 Å². The lowest BCUT2D eigenvalue weighted by atomic mass is 10.2. The molecule has 0 spiro atoms. The molecule has 3 heteroatoms. The summed E-state index contributed by atoms with van der Waals surface area (Å²) in [6, 6.07) is 0.447. The predicted octanol–water partition coefficient (Wildman–Crippen LogP) is 1.39. The van der Waals surface area contributed by atoms with E-state index in [1.165, 1.54) is 0 Å². The first-order valence-corrected chi connectivity index (χ1v) is 5.75.